The number of hydrogen-bond acceptors (Lipinski definition) is 5. The van der Waals surface area contributed by atoms with Crippen molar-refractivity contribution in [2.24, 2.45) is 0 Å². The Morgan fingerprint density at radius 1 is 1.25 bits per heavy atom. The van der Waals surface area contributed by atoms with E-state index in [1.165, 1.54) is 25.3 Å². The number of ether oxygens (including phenoxy) is 1. The number of rotatable bonds is 4. The van der Waals surface area contributed by atoms with Gasteiger partial charge >= 0.3 is 5.97 Å². The molecule has 0 radical (unpaired) electrons. The molecule has 0 aliphatic heterocycles. The lowest BCUT2D eigenvalue weighted by Crippen LogP contribution is -2.19. The molecule has 2 aromatic rings. The summed E-state index contributed by atoms with van der Waals surface area (Å²) in [6, 6.07) is 10.5. The molecule has 0 saturated heterocycles. The normalized spacial score (nSPS) is 9.92. The van der Waals surface area contributed by atoms with Gasteiger partial charge in [-0.1, -0.05) is 17.7 Å². The Labute approximate surface area is 147 Å². The van der Waals surface area contributed by atoms with Crippen LogP contribution in [0.15, 0.2) is 42.5 Å². The second-order valence-corrected chi connectivity index (χ2v) is 5.39. The van der Waals surface area contributed by atoms with Crippen LogP contribution in [0.1, 0.15) is 10.4 Å². The summed E-state index contributed by atoms with van der Waals surface area (Å²) in [5.41, 5.74) is 1.10. The van der Waals surface area contributed by atoms with Crippen LogP contribution in [0, 0.1) is 10.1 Å². The highest BCUT2D eigenvalue weighted by Crippen LogP contribution is 2.26. The number of esters is 1. The zero-order valence-corrected chi connectivity index (χ0v) is 14.0. The fourth-order valence-corrected chi connectivity index (χ4v) is 2.24. The average molecular weight is 366 g/mol. The first-order valence-corrected chi connectivity index (χ1v) is 7.39. The van der Waals surface area contributed by atoms with Gasteiger partial charge in [-0.3, -0.25) is 10.1 Å². The SMILES string of the molecule is COC(=O)c1cccc(NC(=S)Nc2cc([N+](=O)[O-])ccc2Cl)c1. The van der Waals surface area contributed by atoms with Crippen molar-refractivity contribution in [3.63, 3.8) is 0 Å². The Bertz CT molecular complexity index is 813. The lowest BCUT2D eigenvalue weighted by molar-refractivity contribution is -0.384. The molecule has 124 valence electrons. The first-order valence-electron chi connectivity index (χ1n) is 6.61. The van der Waals surface area contributed by atoms with E-state index in [-0.39, 0.29) is 15.8 Å². The number of carbonyl (C=O) groups is 1. The van der Waals surface area contributed by atoms with E-state index >= 15 is 0 Å². The minimum absolute atomic E-state index is 0.114. The highest BCUT2D eigenvalue weighted by Gasteiger charge is 2.11. The molecule has 2 aromatic carbocycles. The maximum absolute atomic E-state index is 11.5. The molecule has 2 N–H and O–H groups in total. The van der Waals surface area contributed by atoms with Crippen molar-refractivity contribution >= 4 is 52.0 Å². The van der Waals surface area contributed by atoms with Crippen molar-refractivity contribution in [2.75, 3.05) is 17.7 Å². The zero-order valence-electron chi connectivity index (χ0n) is 12.4. The van der Waals surface area contributed by atoms with Gasteiger partial charge in [0.25, 0.3) is 5.69 Å². The Kier molecular flexibility index (Phi) is 5.67. The van der Waals surface area contributed by atoms with Gasteiger partial charge in [-0.05, 0) is 36.5 Å². The number of benzene rings is 2. The molecule has 0 atom stereocenters. The lowest BCUT2D eigenvalue weighted by atomic mass is 10.2. The number of carbonyl (C=O) groups excluding carboxylic acids is 1. The number of non-ortho nitro benzene ring substituents is 1. The smallest absolute Gasteiger partial charge is 0.337 e. The molecule has 0 aliphatic carbocycles. The number of anilines is 2. The van der Waals surface area contributed by atoms with Crippen LogP contribution in [0.25, 0.3) is 0 Å². The van der Waals surface area contributed by atoms with Crippen LogP contribution >= 0.6 is 23.8 Å². The zero-order chi connectivity index (χ0) is 17.7. The van der Waals surface area contributed by atoms with Gasteiger partial charge in [-0.15, -0.1) is 0 Å². The van der Waals surface area contributed by atoms with Gasteiger partial charge in [0.05, 0.1) is 28.3 Å². The van der Waals surface area contributed by atoms with Crippen LogP contribution in [0.5, 0.6) is 0 Å². The van der Waals surface area contributed by atoms with Crippen molar-refractivity contribution in [3.8, 4) is 0 Å². The van der Waals surface area contributed by atoms with E-state index in [0.717, 1.165) is 0 Å². The van der Waals surface area contributed by atoms with E-state index in [0.29, 0.717) is 16.9 Å². The Balaban J connectivity index is 2.13. The van der Waals surface area contributed by atoms with E-state index in [4.69, 9.17) is 23.8 Å². The fourth-order valence-electron chi connectivity index (χ4n) is 1.85. The monoisotopic (exact) mass is 365 g/mol. The van der Waals surface area contributed by atoms with Crippen molar-refractivity contribution < 1.29 is 14.5 Å². The van der Waals surface area contributed by atoms with Gasteiger partial charge < -0.3 is 15.4 Å². The Morgan fingerprint density at radius 2 is 2.00 bits per heavy atom. The summed E-state index contributed by atoms with van der Waals surface area (Å²) in [5, 5.41) is 16.9. The maximum Gasteiger partial charge on any atom is 0.337 e. The number of thiocarbonyl (C=S) groups is 1. The molecular weight excluding hydrogens is 354 g/mol. The minimum Gasteiger partial charge on any atom is -0.465 e. The number of nitrogens with zero attached hydrogens (tertiary/aromatic N) is 1. The van der Waals surface area contributed by atoms with E-state index < -0.39 is 10.9 Å². The molecule has 24 heavy (non-hydrogen) atoms. The molecule has 0 saturated carbocycles. The summed E-state index contributed by atoms with van der Waals surface area (Å²) in [4.78, 5) is 21.8. The van der Waals surface area contributed by atoms with Crippen molar-refractivity contribution in [2.45, 2.75) is 0 Å². The molecule has 0 spiro atoms. The second-order valence-electron chi connectivity index (χ2n) is 4.57. The van der Waals surface area contributed by atoms with Crippen LogP contribution in [0.2, 0.25) is 5.02 Å². The Morgan fingerprint density at radius 3 is 2.67 bits per heavy atom. The van der Waals surface area contributed by atoms with Crippen LogP contribution in [0.3, 0.4) is 0 Å². The first-order chi connectivity index (χ1) is 11.4. The quantitative estimate of drug-likeness (QED) is 0.368. The molecule has 0 fully saturated rings. The van der Waals surface area contributed by atoms with Crippen molar-refractivity contribution in [1.29, 1.82) is 0 Å². The number of nitro groups is 1. The lowest BCUT2D eigenvalue weighted by Gasteiger charge is -2.12. The Hall–Kier alpha value is -2.71. The summed E-state index contributed by atoms with van der Waals surface area (Å²) in [6.07, 6.45) is 0. The van der Waals surface area contributed by atoms with Crippen molar-refractivity contribution in [3.05, 3.63) is 63.2 Å². The first kappa shape index (κ1) is 17.6. The predicted molar refractivity (Wildman–Crippen MR) is 95.7 cm³/mol. The van der Waals surface area contributed by atoms with Crippen molar-refractivity contribution in [1.82, 2.24) is 0 Å². The minimum atomic E-state index is -0.530. The third-order valence-corrected chi connectivity index (χ3v) is 3.48. The van der Waals surface area contributed by atoms with Crippen LogP contribution < -0.4 is 10.6 Å². The second kappa shape index (κ2) is 7.71. The molecule has 0 aliphatic rings. The summed E-state index contributed by atoms with van der Waals surface area (Å²) in [5.74, 6) is -0.473. The average Bonchev–Trinajstić information content (AvgIpc) is 2.56. The summed E-state index contributed by atoms with van der Waals surface area (Å²) in [6.45, 7) is 0. The molecule has 2 rings (SSSR count). The predicted octanol–water partition coefficient (Wildman–Crippen LogP) is 3.84. The summed E-state index contributed by atoms with van der Waals surface area (Å²) < 4.78 is 4.65. The van der Waals surface area contributed by atoms with E-state index in [1.54, 1.807) is 24.3 Å². The molecule has 0 aromatic heterocycles. The summed E-state index contributed by atoms with van der Waals surface area (Å²) >= 11 is 11.2. The molecule has 0 heterocycles. The van der Waals surface area contributed by atoms with E-state index in [2.05, 4.69) is 15.4 Å². The maximum atomic E-state index is 11.5. The highest BCUT2D eigenvalue weighted by molar-refractivity contribution is 7.80. The van der Waals surface area contributed by atoms with Gasteiger partial charge in [-0.25, -0.2) is 4.79 Å². The molecule has 0 bridgehead atoms. The molecular formula is C15H12ClN3O4S. The highest BCUT2D eigenvalue weighted by atomic mass is 35.5. The van der Waals surface area contributed by atoms with Gasteiger partial charge in [0.2, 0.25) is 0 Å². The fraction of sp³-hybridized carbons (Fsp3) is 0.0667. The van der Waals surface area contributed by atoms with E-state index in [1.807, 2.05) is 0 Å². The summed E-state index contributed by atoms with van der Waals surface area (Å²) in [7, 11) is 1.29. The third-order valence-electron chi connectivity index (χ3n) is 2.95. The van der Waals surface area contributed by atoms with Crippen LogP contribution in [0.4, 0.5) is 17.1 Å². The van der Waals surface area contributed by atoms with Gasteiger partial charge in [-0.2, -0.15) is 0 Å². The number of hydrogen-bond donors (Lipinski definition) is 2. The number of nitrogens with one attached hydrogen (secondary N) is 2. The number of methoxy groups -OCH3 is 1. The molecule has 0 amide bonds. The standard InChI is InChI=1S/C15H12ClN3O4S/c1-23-14(20)9-3-2-4-10(7-9)17-15(24)18-13-8-11(19(21)22)5-6-12(13)16/h2-8H,1H3,(H2,17,18,24). The molecule has 0 unspecified atom stereocenters. The largest absolute Gasteiger partial charge is 0.465 e. The third kappa shape index (κ3) is 4.40. The van der Waals surface area contributed by atoms with Gasteiger partial charge in [0, 0.05) is 17.8 Å². The van der Waals surface area contributed by atoms with Gasteiger partial charge in [0.1, 0.15) is 0 Å². The van der Waals surface area contributed by atoms with E-state index in [9.17, 15) is 14.9 Å². The topological polar surface area (TPSA) is 93.5 Å². The number of halogens is 1. The van der Waals surface area contributed by atoms with Crippen LogP contribution in [-0.2, 0) is 4.74 Å². The molecule has 7 nitrogen and oxygen atoms in total. The van der Waals surface area contributed by atoms with Gasteiger partial charge in [0.15, 0.2) is 5.11 Å². The number of nitro benzene ring substituents is 1. The van der Waals surface area contributed by atoms with Crippen LogP contribution in [-0.4, -0.2) is 23.1 Å². The molecule has 9 heteroatoms.